The van der Waals surface area contributed by atoms with E-state index in [1.165, 1.54) is 0 Å². The average molecular weight is 619 g/mol. The number of aromatic nitrogens is 1. The predicted molar refractivity (Wildman–Crippen MR) is 186 cm³/mol. The second-order valence-corrected chi connectivity index (χ2v) is 10.3. The Balaban J connectivity index is 1.57. The fourth-order valence-corrected chi connectivity index (χ4v) is 5.18. The average Bonchev–Trinajstić information content (AvgIpc) is 3.07. The third-order valence-electron chi connectivity index (χ3n) is 7.18. The van der Waals surface area contributed by atoms with E-state index in [4.69, 9.17) is 28.7 Å². The molecule has 0 radical (unpaired) electrons. The van der Waals surface area contributed by atoms with E-state index in [0.29, 0.717) is 33.0 Å². The molecule has 7 nitrogen and oxygen atoms in total. The number of ether oxygens (including phenoxy) is 5. The number of anilines is 2. The van der Waals surface area contributed by atoms with Crippen molar-refractivity contribution in [3.63, 3.8) is 0 Å². The van der Waals surface area contributed by atoms with E-state index in [-0.39, 0.29) is 0 Å². The molecule has 5 rings (SSSR count). The van der Waals surface area contributed by atoms with Crippen molar-refractivity contribution in [1.29, 1.82) is 0 Å². The molecule has 0 saturated heterocycles. The lowest BCUT2D eigenvalue weighted by Crippen LogP contribution is -2.00. The van der Waals surface area contributed by atoms with Crippen LogP contribution in [0.4, 0.5) is 11.4 Å². The van der Waals surface area contributed by atoms with Gasteiger partial charge in [-0.3, -0.25) is 0 Å². The SMILES string of the molecule is CCOc1ccc(Nc2ccc(-c3cc(-c4ccc(OCC)cc4OCC)nc(-c4ccc(OCC)cc4OCC)c3)cc2)cc1. The summed E-state index contributed by atoms with van der Waals surface area (Å²) in [6.45, 7) is 12.7. The molecule has 0 spiro atoms. The summed E-state index contributed by atoms with van der Waals surface area (Å²) in [5.74, 6) is 3.80. The second-order valence-electron chi connectivity index (χ2n) is 10.3. The third kappa shape index (κ3) is 7.91. The monoisotopic (exact) mass is 618 g/mol. The van der Waals surface area contributed by atoms with Gasteiger partial charge in [-0.15, -0.1) is 0 Å². The van der Waals surface area contributed by atoms with Crippen molar-refractivity contribution < 1.29 is 23.7 Å². The highest BCUT2D eigenvalue weighted by atomic mass is 16.5. The van der Waals surface area contributed by atoms with Crippen LogP contribution in [-0.2, 0) is 0 Å². The van der Waals surface area contributed by atoms with Crippen LogP contribution in [0.1, 0.15) is 34.6 Å². The number of benzene rings is 4. The van der Waals surface area contributed by atoms with E-state index >= 15 is 0 Å². The fourth-order valence-electron chi connectivity index (χ4n) is 5.18. The molecule has 0 fully saturated rings. The summed E-state index contributed by atoms with van der Waals surface area (Å²) < 4.78 is 29.3. The van der Waals surface area contributed by atoms with Crippen LogP contribution in [0.3, 0.4) is 0 Å². The number of nitrogens with one attached hydrogen (secondary N) is 1. The molecule has 238 valence electrons. The minimum absolute atomic E-state index is 0.519. The Morgan fingerprint density at radius 1 is 0.435 bits per heavy atom. The highest BCUT2D eigenvalue weighted by Gasteiger charge is 2.17. The zero-order valence-corrected chi connectivity index (χ0v) is 27.3. The van der Waals surface area contributed by atoms with Crippen LogP contribution in [0.25, 0.3) is 33.6 Å². The van der Waals surface area contributed by atoms with Gasteiger partial charge < -0.3 is 29.0 Å². The van der Waals surface area contributed by atoms with Gasteiger partial charge in [-0.25, -0.2) is 4.98 Å². The van der Waals surface area contributed by atoms with Crippen LogP contribution in [0.5, 0.6) is 28.7 Å². The molecular formula is C39H42N2O5. The first-order valence-corrected chi connectivity index (χ1v) is 16.0. The molecule has 1 heterocycles. The van der Waals surface area contributed by atoms with Crippen LogP contribution in [0, 0.1) is 0 Å². The van der Waals surface area contributed by atoms with Crippen LogP contribution in [0.15, 0.2) is 97.1 Å². The largest absolute Gasteiger partial charge is 0.494 e. The Labute approximate surface area is 272 Å². The summed E-state index contributed by atoms with van der Waals surface area (Å²) in [5.41, 5.74) is 7.37. The van der Waals surface area contributed by atoms with Gasteiger partial charge in [0.2, 0.25) is 0 Å². The summed E-state index contributed by atoms with van der Waals surface area (Å²) in [6, 6.07) is 32.4. The summed E-state index contributed by atoms with van der Waals surface area (Å²) >= 11 is 0. The van der Waals surface area contributed by atoms with Gasteiger partial charge in [-0.2, -0.15) is 0 Å². The number of hydrogen-bond donors (Lipinski definition) is 1. The van der Waals surface area contributed by atoms with Gasteiger partial charge in [0.15, 0.2) is 0 Å². The van der Waals surface area contributed by atoms with Gasteiger partial charge in [-0.1, -0.05) is 12.1 Å². The summed E-state index contributed by atoms with van der Waals surface area (Å²) in [5, 5.41) is 3.48. The molecular weight excluding hydrogens is 576 g/mol. The smallest absolute Gasteiger partial charge is 0.132 e. The maximum atomic E-state index is 6.09. The molecule has 0 aliphatic heterocycles. The molecule has 1 aromatic heterocycles. The first kappa shape index (κ1) is 32.2. The van der Waals surface area contributed by atoms with Crippen LogP contribution >= 0.6 is 0 Å². The zero-order chi connectivity index (χ0) is 32.3. The van der Waals surface area contributed by atoms with Crippen LogP contribution in [0.2, 0.25) is 0 Å². The molecule has 5 aromatic rings. The number of hydrogen-bond acceptors (Lipinski definition) is 7. The molecule has 0 aliphatic rings. The summed E-state index contributed by atoms with van der Waals surface area (Å²) in [4.78, 5) is 5.17. The molecule has 0 saturated carbocycles. The minimum atomic E-state index is 0.519. The second kappa shape index (κ2) is 15.7. The molecule has 0 atom stereocenters. The van der Waals surface area contributed by atoms with E-state index in [9.17, 15) is 0 Å². The van der Waals surface area contributed by atoms with Crippen molar-refractivity contribution in [3.8, 4) is 62.4 Å². The van der Waals surface area contributed by atoms with Crippen molar-refractivity contribution in [2.24, 2.45) is 0 Å². The standard InChI is InChI=1S/C39H42N2O5/c1-6-42-31-17-15-30(16-18-31)40-29-13-11-27(12-14-29)28-23-36(34-21-19-32(43-7-2)25-38(34)45-9-4)41-37(24-28)35-22-20-33(44-8-3)26-39(35)46-10-5/h11-26,40H,6-10H2,1-5H3. The number of rotatable bonds is 15. The normalized spacial score (nSPS) is 10.7. The number of pyridine rings is 1. The fraction of sp³-hybridized carbons (Fsp3) is 0.256. The Kier molecular flexibility index (Phi) is 11.0. The molecule has 0 aliphatic carbocycles. The molecule has 7 heteroatoms. The minimum Gasteiger partial charge on any atom is -0.494 e. The highest BCUT2D eigenvalue weighted by Crippen LogP contribution is 2.39. The van der Waals surface area contributed by atoms with Gasteiger partial charge in [0.25, 0.3) is 0 Å². The molecule has 0 unspecified atom stereocenters. The predicted octanol–water partition coefficient (Wildman–Crippen LogP) is 9.82. The third-order valence-corrected chi connectivity index (χ3v) is 7.18. The maximum Gasteiger partial charge on any atom is 0.132 e. The van der Waals surface area contributed by atoms with E-state index in [1.807, 2.05) is 95.3 Å². The van der Waals surface area contributed by atoms with E-state index < -0.39 is 0 Å². The Morgan fingerprint density at radius 2 is 0.848 bits per heavy atom. The molecule has 46 heavy (non-hydrogen) atoms. The zero-order valence-electron chi connectivity index (χ0n) is 27.3. The van der Waals surface area contributed by atoms with Crippen LogP contribution < -0.4 is 29.0 Å². The van der Waals surface area contributed by atoms with Gasteiger partial charge in [0, 0.05) is 34.6 Å². The number of nitrogens with zero attached hydrogens (tertiary/aromatic N) is 1. The quantitative estimate of drug-likeness (QED) is 0.125. The molecule has 1 N–H and O–H groups in total. The summed E-state index contributed by atoms with van der Waals surface area (Å²) in [6.07, 6.45) is 0. The van der Waals surface area contributed by atoms with E-state index in [1.54, 1.807) is 0 Å². The topological polar surface area (TPSA) is 71.1 Å². The van der Waals surface area contributed by atoms with Gasteiger partial charge >= 0.3 is 0 Å². The van der Waals surface area contributed by atoms with Crippen molar-refractivity contribution in [2.45, 2.75) is 34.6 Å². The molecule has 0 bridgehead atoms. The summed E-state index contributed by atoms with van der Waals surface area (Å²) in [7, 11) is 0. The highest BCUT2D eigenvalue weighted by molar-refractivity contribution is 5.81. The van der Waals surface area contributed by atoms with Crippen molar-refractivity contribution in [1.82, 2.24) is 4.98 Å². The molecule has 4 aromatic carbocycles. The Morgan fingerprint density at radius 3 is 1.30 bits per heavy atom. The van der Waals surface area contributed by atoms with Crippen molar-refractivity contribution in [3.05, 3.63) is 97.1 Å². The van der Waals surface area contributed by atoms with E-state index in [0.717, 1.165) is 73.8 Å². The van der Waals surface area contributed by atoms with Gasteiger partial charge in [0.05, 0.1) is 44.4 Å². The van der Waals surface area contributed by atoms with Crippen LogP contribution in [-0.4, -0.2) is 38.0 Å². The van der Waals surface area contributed by atoms with Gasteiger partial charge in [-0.05, 0) is 119 Å². The van der Waals surface area contributed by atoms with Crippen molar-refractivity contribution in [2.75, 3.05) is 38.4 Å². The van der Waals surface area contributed by atoms with E-state index in [2.05, 4.69) is 41.7 Å². The Hall–Kier alpha value is -5.17. The van der Waals surface area contributed by atoms with Gasteiger partial charge in [0.1, 0.15) is 28.7 Å². The first-order valence-electron chi connectivity index (χ1n) is 16.0. The first-order chi connectivity index (χ1) is 22.5. The molecule has 0 amide bonds. The maximum absolute atomic E-state index is 6.09. The lowest BCUT2D eigenvalue weighted by atomic mass is 9.99. The van der Waals surface area contributed by atoms with Crippen molar-refractivity contribution >= 4 is 11.4 Å². The lowest BCUT2D eigenvalue weighted by Gasteiger charge is -2.17. The Bertz CT molecular complexity index is 1640. The lowest BCUT2D eigenvalue weighted by molar-refractivity contribution is 0.323.